The van der Waals surface area contributed by atoms with Crippen molar-refractivity contribution in [3.63, 3.8) is 0 Å². The van der Waals surface area contributed by atoms with Crippen molar-refractivity contribution < 1.29 is 14.3 Å². The van der Waals surface area contributed by atoms with Crippen molar-refractivity contribution in [1.29, 1.82) is 0 Å². The lowest BCUT2D eigenvalue weighted by atomic mass is 9.79. The Balaban J connectivity index is 2.12. The van der Waals surface area contributed by atoms with Gasteiger partial charge in [0.25, 0.3) is 5.91 Å². The maximum Gasteiger partial charge on any atom is 0.326 e. The van der Waals surface area contributed by atoms with E-state index >= 15 is 0 Å². The molecule has 0 saturated carbocycles. The van der Waals surface area contributed by atoms with E-state index < -0.39 is 11.9 Å². The SMILES string of the molecule is CCN1c2cc(OC)c(/C=C3\NC(=O)NC3=O)cc2C(C)CC1(C)C. The van der Waals surface area contributed by atoms with E-state index in [-0.39, 0.29) is 11.2 Å². The molecule has 0 aromatic heterocycles. The Morgan fingerprint density at radius 1 is 1.32 bits per heavy atom. The largest absolute Gasteiger partial charge is 0.496 e. The normalized spacial score (nSPS) is 23.3. The summed E-state index contributed by atoms with van der Waals surface area (Å²) in [4.78, 5) is 25.5. The van der Waals surface area contributed by atoms with Gasteiger partial charge in [-0.2, -0.15) is 0 Å². The second-order valence-electron chi connectivity index (χ2n) is 7.28. The third-order valence-corrected chi connectivity index (χ3v) is 5.07. The molecule has 6 nitrogen and oxygen atoms in total. The van der Waals surface area contributed by atoms with E-state index in [0.29, 0.717) is 11.7 Å². The number of hydrogen-bond donors (Lipinski definition) is 2. The number of carbonyl (C=O) groups excluding carboxylic acids is 2. The predicted octanol–water partition coefficient (Wildman–Crippen LogP) is 2.99. The van der Waals surface area contributed by atoms with E-state index in [2.05, 4.69) is 49.3 Å². The summed E-state index contributed by atoms with van der Waals surface area (Å²) in [5.74, 6) is 0.653. The Morgan fingerprint density at radius 3 is 2.60 bits per heavy atom. The number of urea groups is 1. The van der Waals surface area contributed by atoms with Crippen LogP contribution in [-0.2, 0) is 4.79 Å². The van der Waals surface area contributed by atoms with E-state index in [0.717, 1.165) is 18.5 Å². The van der Waals surface area contributed by atoms with E-state index in [1.807, 2.05) is 6.07 Å². The molecule has 2 aliphatic heterocycles. The number of anilines is 1. The fraction of sp³-hybridized carbons (Fsp3) is 0.474. The van der Waals surface area contributed by atoms with Crippen LogP contribution in [0.3, 0.4) is 0 Å². The number of carbonyl (C=O) groups is 2. The van der Waals surface area contributed by atoms with Gasteiger partial charge in [-0.1, -0.05) is 6.92 Å². The molecule has 3 amide bonds. The lowest BCUT2D eigenvalue weighted by molar-refractivity contribution is -0.115. The minimum absolute atomic E-state index is 0.0749. The lowest BCUT2D eigenvalue weighted by Gasteiger charge is -2.47. The maximum atomic E-state index is 11.8. The molecule has 1 saturated heterocycles. The van der Waals surface area contributed by atoms with E-state index in [1.165, 1.54) is 11.3 Å². The first-order chi connectivity index (χ1) is 11.8. The van der Waals surface area contributed by atoms with E-state index in [1.54, 1.807) is 13.2 Å². The second kappa shape index (κ2) is 6.10. The van der Waals surface area contributed by atoms with Crippen molar-refractivity contribution in [3.05, 3.63) is 29.0 Å². The molecule has 1 aromatic rings. The van der Waals surface area contributed by atoms with Crippen molar-refractivity contribution >= 4 is 23.7 Å². The van der Waals surface area contributed by atoms with E-state index in [9.17, 15) is 9.59 Å². The summed E-state index contributed by atoms with van der Waals surface area (Å²) in [6.45, 7) is 9.81. The van der Waals surface area contributed by atoms with Crippen LogP contribution in [0.2, 0.25) is 0 Å². The van der Waals surface area contributed by atoms with Gasteiger partial charge in [0, 0.05) is 29.4 Å². The molecule has 0 aliphatic carbocycles. The Hall–Kier alpha value is -2.50. The van der Waals surface area contributed by atoms with Crippen molar-refractivity contribution in [2.24, 2.45) is 0 Å². The first-order valence-electron chi connectivity index (χ1n) is 8.60. The molecule has 25 heavy (non-hydrogen) atoms. The number of ether oxygens (including phenoxy) is 1. The van der Waals surface area contributed by atoms with Crippen molar-refractivity contribution in [2.75, 3.05) is 18.6 Å². The van der Waals surface area contributed by atoms with Crippen molar-refractivity contribution in [2.45, 2.75) is 45.6 Å². The monoisotopic (exact) mass is 343 g/mol. The Kier molecular flexibility index (Phi) is 4.22. The number of imide groups is 1. The zero-order chi connectivity index (χ0) is 18.4. The summed E-state index contributed by atoms with van der Waals surface area (Å²) in [5.41, 5.74) is 3.50. The topological polar surface area (TPSA) is 70.7 Å². The molecule has 2 aliphatic rings. The standard InChI is InChI=1S/C19H25N3O3/c1-6-22-15-9-16(25-5)12(8-14-17(23)21-18(24)20-14)7-13(15)11(2)10-19(22,3)4/h7-9,11H,6,10H2,1-5H3,(H2,20,21,23,24)/b14-8-. The molecule has 1 fully saturated rings. The van der Waals surface area contributed by atoms with Gasteiger partial charge >= 0.3 is 6.03 Å². The fourth-order valence-electron chi connectivity index (χ4n) is 4.05. The van der Waals surface area contributed by atoms with Crippen LogP contribution < -0.4 is 20.3 Å². The number of fused-ring (bicyclic) bond motifs is 1. The Bertz CT molecular complexity index is 767. The zero-order valence-electron chi connectivity index (χ0n) is 15.4. The first kappa shape index (κ1) is 17.3. The summed E-state index contributed by atoms with van der Waals surface area (Å²) >= 11 is 0. The fourth-order valence-corrected chi connectivity index (χ4v) is 4.05. The van der Waals surface area contributed by atoms with Crippen molar-refractivity contribution in [1.82, 2.24) is 10.6 Å². The molecule has 2 N–H and O–H groups in total. The molecule has 134 valence electrons. The van der Waals surface area contributed by atoms with Crippen LogP contribution in [0.15, 0.2) is 17.8 Å². The molecule has 0 bridgehead atoms. The smallest absolute Gasteiger partial charge is 0.326 e. The lowest BCUT2D eigenvalue weighted by Crippen LogP contribution is -2.48. The Morgan fingerprint density at radius 2 is 2.04 bits per heavy atom. The first-order valence-corrected chi connectivity index (χ1v) is 8.60. The highest BCUT2D eigenvalue weighted by atomic mass is 16.5. The molecule has 0 radical (unpaired) electrons. The molecule has 1 unspecified atom stereocenters. The third-order valence-electron chi connectivity index (χ3n) is 5.07. The molecule has 1 aromatic carbocycles. The van der Waals surface area contributed by atoms with Crippen LogP contribution in [0.5, 0.6) is 5.75 Å². The van der Waals surface area contributed by atoms with Gasteiger partial charge < -0.3 is 15.0 Å². The van der Waals surface area contributed by atoms with Gasteiger partial charge in [0.05, 0.1) is 7.11 Å². The third kappa shape index (κ3) is 2.97. The molecule has 3 rings (SSSR count). The van der Waals surface area contributed by atoms with Gasteiger partial charge in [-0.3, -0.25) is 10.1 Å². The average molecular weight is 343 g/mol. The second-order valence-corrected chi connectivity index (χ2v) is 7.28. The van der Waals surface area contributed by atoms with Crippen LogP contribution in [0, 0.1) is 0 Å². The van der Waals surface area contributed by atoms with Crippen LogP contribution in [0.25, 0.3) is 6.08 Å². The summed E-state index contributed by atoms with van der Waals surface area (Å²) < 4.78 is 5.56. The number of benzene rings is 1. The number of amides is 3. The molecule has 2 heterocycles. The highest BCUT2D eigenvalue weighted by molar-refractivity contribution is 6.14. The summed E-state index contributed by atoms with van der Waals surface area (Å²) in [6.07, 6.45) is 2.72. The summed E-state index contributed by atoms with van der Waals surface area (Å²) in [6, 6.07) is 3.61. The minimum Gasteiger partial charge on any atom is -0.496 e. The molecule has 6 heteroatoms. The summed E-state index contributed by atoms with van der Waals surface area (Å²) in [7, 11) is 1.62. The highest BCUT2D eigenvalue weighted by Crippen LogP contribution is 2.45. The molecule has 0 spiro atoms. The average Bonchev–Trinajstić information content (AvgIpc) is 2.84. The number of rotatable bonds is 3. The van der Waals surface area contributed by atoms with Crippen LogP contribution in [0.4, 0.5) is 10.5 Å². The molecular formula is C19H25N3O3. The minimum atomic E-state index is -0.500. The quantitative estimate of drug-likeness (QED) is 0.654. The Labute approximate surface area is 148 Å². The number of hydrogen-bond acceptors (Lipinski definition) is 4. The van der Waals surface area contributed by atoms with Gasteiger partial charge in [-0.05, 0) is 50.8 Å². The van der Waals surface area contributed by atoms with Gasteiger partial charge in [-0.25, -0.2) is 4.79 Å². The van der Waals surface area contributed by atoms with Crippen LogP contribution in [-0.4, -0.2) is 31.1 Å². The number of nitrogens with one attached hydrogen (secondary N) is 2. The highest BCUT2D eigenvalue weighted by Gasteiger charge is 2.36. The van der Waals surface area contributed by atoms with Gasteiger partial charge in [0.15, 0.2) is 0 Å². The molecular weight excluding hydrogens is 318 g/mol. The maximum absolute atomic E-state index is 11.8. The summed E-state index contributed by atoms with van der Waals surface area (Å²) in [5, 5.41) is 4.74. The van der Waals surface area contributed by atoms with Crippen LogP contribution >= 0.6 is 0 Å². The van der Waals surface area contributed by atoms with Gasteiger partial charge in [-0.15, -0.1) is 0 Å². The van der Waals surface area contributed by atoms with Gasteiger partial charge in [0.1, 0.15) is 11.4 Å². The molecule has 1 atom stereocenters. The number of nitrogens with zero attached hydrogens (tertiary/aromatic N) is 1. The van der Waals surface area contributed by atoms with E-state index in [4.69, 9.17) is 4.74 Å². The predicted molar refractivity (Wildman–Crippen MR) is 97.8 cm³/mol. The number of methoxy groups -OCH3 is 1. The van der Waals surface area contributed by atoms with Crippen molar-refractivity contribution in [3.8, 4) is 5.75 Å². The zero-order valence-corrected chi connectivity index (χ0v) is 15.4. The van der Waals surface area contributed by atoms with Gasteiger partial charge in [0.2, 0.25) is 0 Å². The van der Waals surface area contributed by atoms with Crippen LogP contribution in [0.1, 0.15) is 51.2 Å².